The van der Waals surface area contributed by atoms with Gasteiger partial charge in [0.1, 0.15) is 0 Å². The fourth-order valence-electron chi connectivity index (χ4n) is 4.07. The summed E-state index contributed by atoms with van der Waals surface area (Å²) in [5.41, 5.74) is 1.25. The molecule has 2 aromatic carbocycles. The highest BCUT2D eigenvalue weighted by Gasteiger charge is 2.50. The summed E-state index contributed by atoms with van der Waals surface area (Å²) in [5, 5.41) is 5.88. The molecule has 0 saturated carbocycles. The first-order valence-electron chi connectivity index (χ1n) is 9.50. The zero-order chi connectivity index (χ0) is 19.7. The van der Waals surface area contributed by atoms with E-state index in [4.69, 9.17) is 0 Å². The number of fused-ring (bicyclic) bond motifs is 2. The number of hydrogen-bond acceptors (Lipinski definition) is 3. The van der Waals surface area contributed by atoms with Crippen LogP contribution in [0.1, 0.15) is 29.3 Å². The third kappa shape index (κ3) is 3.38. The summed E-state index contributed by atoms with van der Waals surface area (Å²) in [6.45, 7) is 2.47. The van der Waals surface area contributed by atoms with Gasteiger partial charge < -0.3 is 15.5 Å². The van der Waals surface area contributed by atoms with Crippen molar-refractivity contribution in [1.29, 1.82) is 0 Å². The summed E-state index contributed by atoms with van der Waals surface area (Å²) < 4.78 is 0. The first kappa shape index (κ1) is 18.2. The second kappa shape index (κ2) is 7.11. The zero-order valence-corrected chi connectivity index (χ0v) is 15.8. The molecule has 2 N–H and O–H groups in total. The molecular formula is C22H23N3O3. The molecule has 1 fully saturated rings. The Balaban J connectivity index is 1.51. The van der Waals surface area contributed by atoms with Crippen molar-refractivity contribution in [3.8, 4) is 0 Å². The Morgan fingerprint density at radius 1 is 1.11 bits per heavy atom. The van der Waals surface area contributed by atoms with Crippen LogP contribution in [0.15, 0.2) is 54.6 Å². The summed E-state index contributed by atoms with van der Waals surface area (Å²) in [6, 6.07) is 16.8. The van der Waals surface area contributed by atoms with E-state index in [-0.39, 0.29) is 17.7 Å². The monoisotopic (exact) mass is 377 g/mol. The molecule has 144 valence electrons. The number of anilines is 1. The topological polar surface area (TPSA) is 78.5 Å². The zero-order valence-electron chi connectivity index (χ0n) is 15.8. The lowest BCUT2D eigenvalue weighted by atomic mass is 9.86. The van der Waals surface area contributed by atoms with Crippen LogP contribution < -0.4 is 10.6 Å². The fraction of sp³-hybridized carbons (Fsp3) is 0.318. The Morgan fingerprint density at radius 3 is 2.61 bits per heavy atom. The number of benzene rings is 2. The van der Waals surface area contributed by atoms with Crippen LogP contribution in [-0.4, -0.2) is 41.2 Å². The molecule has 0 unspecified atom stereocenters. The Bertz CT molecular complexity index is 928. The van der Waals surface area contributed by atoms with Gasteiger partial charge in [-0.25, -0.2) is 0 Å². The van der Waals surface area contributed by atoms with Crippen molar-refractivity contribution >= 4 is 23.4 Å². The van der Waals surface area contributed by atoms with Crippen LogP contribution in [0.25, 0.3) is 0 Å². The number of aryl methyl sites for hydroxylation is 1. The van der Waals surface area contributed by atoms with Crippen molar-refractivity contribution in [2.24, 2.45) is 5.92 Å². The maximum atomic E-state index is 12.9. The van der Waals surface area contributed by atoms with E-state index >= 15 is 0 Å². The number of hydrogen-bond donors (Lipinski definition) is 2. The molecule has 2 aliphatic rings. The Morgan fingerprint density at radius 2 is 1.82 bits per heavy atom. The third-order valence-electron chi connectivity index (χ3n) is 5.66. The van der Waals surface area contributed by atoms with E-state index in [9.17, 15) is 14.4 Å². The molecule has 2 atom stereocenters. The maximum Gasteiger partial charge on any atom is 0.253 e. The van der Waals surface area contributed by atoms with Crippen LogP contribution in [0.4, 0.5) is 5.69 Å². The van der Waals surface area contributed by atoms with Crippen molar-refractivity contribution in [1.82, 2.24) is 10.2 Å². The highest BCUT2D eigenvalue weighted by molar-refractivity contribution is 6.07. The van der Waals surface area contributed by atoms with Crippen molar-refractivity contribution in [2.75, 3.05) is 18.4 Å². The van der Waals surface area contributed by atoms with Crippen molar-refractivity contribution in [3.63, 3.8) is 0 Å². The quantitative estimate of drug-likeness (QED) is 0.861. The molecule has 6 nitrogen and oxygen atoms in total. The van der Waals surface area contributed by atoms with E-state index in [0.717, 1.165) is 5.56 Å². The number of likely N-dealkylation sites (tertiary alicyclic amines) is 1. The Hall–Kier alpha value is -3.15. The van der Waals surface area contributed by atoms with Gasteiger partial charge in [0, 0.05) is 19.5 Å². The molecule has 0 spiro atoms. The van der Waals surface area contributed by atoms with Crippen molar-refractivity contribution in [2.45, 2.75) is 25.3 Å². The van der Waals surface area contributed by atoms with Gasteiger partial charge in [-0.05, 0) is 31.0 Å². The van der Waals surface area contributed by atoms with E-state index in [1.165, 1.54) is 0 Å². The minimum Gasteiger partial charge on any atom is -0.344 e. The normalized spacial score (nSPS) is 23.8. The minimum absolute atomic E-state index is 0.00334. The van der Waals surface area contributed by atoms with Crippen LogP contribution in [0.2, 0.25) is 0 Å². The number of nitrogens with one attached hydrogen (secondary N) is 2. The van der Waals surface area contributed by atoms with Crippen LogP contribution in [0, 0.1) is 5.92 Å². The molecule has 6 heteroatoms. The minimum atomic E-state index is -0.795. The van der Waals surface area contributed by atoms with Crippen LogP contribution in [0.3, 0.4) is 0 Å². The van der Waals surface area contributed by atoms with Gasteiger partial charge >= 0.3 is 0 Å². The molecule has 0 bridgehead atoms. The Labute approximate surface area is 163 Å². The number of amides is 3. The second-order valence-corrected chi connectivity index (χ2v) is 7.72. The number of carbonyl (C=O) groups excluding carboxylic acids is 3. The van der Waals surface area contributed by atoms with E-state index in [0.29, 0.717) is 37.2 Å². The summed E-state index contributed by atoms with van der Waals surface area (Å²) in [7, 11) is 0. The number of rotatable bonds is 3. The summed E-state index contributed by atoms with van der Waals surface area (Å²) in [5.74, 6) is -0.906. The van der Waals surface area contributed by atoms with Gasteiger partial charge in [0.2, 0.25) is 11.8 Å². The van der Waals surface area contributed by atoms with Crippen LogP contribution >= 0.6 is 0 Å². The first-order chi connectivity index (χ1) is 13.5. The average molecular weight is 377 g/mol. The first-order valence-corrected chi connectivity index (χ1v) is 9.50. The van der Waals surface area contributed by atoms with Gasteiger partial charge in [-0.15, -0.1) is 0 Å². The summed E-state index contributed by atoms with van der Waals surface area (Å²) in [6.07, 6.45) is 1.03. The summed E-state index contributed by atoms with van der Waals surface area (Å²) >= 11 is 0. The molecule has 0 radical (unpaired) electrons. The fourth-order valence-corrected chi connectivity index (χ4v) is 4.07. The van der Waals surface area contributed by atoms with E-state index in [1.807, 2.05) is 37.3 Å². The lowest BCUT2D eigenvalue weighted by Gasteiger charge is -2.33. The lowest BCUT2D eigenvalue weighted by Crippen LogP contribution is -2.56. The van der Waals surface area contributed by atoms with Gasteiger partial charge in [-0.2, -0.15) is 0 Å². The van der Waals surface area contributed by atoms with Crippen molar-refractivity contribution in [3.05, 3.63) is 65.7 Å². The predicted molar refractivity (Wildman–Crippen MR) is 106 cm³/mol. The van der Waals surface area contributed by atoms with Crippen LogP contribution in [-0.2, 0) is 16.0 Å². The van der Waals surface area contributed by atoms with E-state index in [1.54, 1.807) is 29.2 Å². The van der Waals surface area contributed by atoms with E-state index < -0.39 is 11.5 Å². The third-order valence-corrected chi connectivity index (χ3v) is 5.66. The molecule has 0 aliphatic carbocycles. The molecule has 2 heterocycles. The number of para-hydroxylation sites is 1. The standard InChI is InChI=1S/C22H23N3O3/c1-22-14-25(19(26)12-11-15-7-3-2-4-8-15)13-17(22)21(28)23-18-10-6-5-9-16(18)20(27)24-22/h2-10,17H,11-14H2,1H3,(H,23,28)(H,24,27)/t17-,22-/m0/s1. The van der Waals surface area contributed by atoms with Crippen molar-refractivity contribution < 1.29 is 14.4 Å². The maximum absolute atomic E-state index is 12.9. The smallest absolute Gasteiger partial charge is 0.253 e. The second-order valence-electron chi connectivity index (χ2n) is 7.72. The molecule has 1 saturated heterocycles. The largest absolute Gasteiger partial charge is 0.344 e. The molecule has 0 aromatic heterocycles. The molecule has 2 aliphatic heterocycles. The van der Waals surface area contributed by atoms with Gasteiger partial charge in [0.25, 0.3) is 5.91 Å². The van der Waals surface area contributed by atoms with Gasteiger partial charge in [0.05, 0.1) is 22.7 Å². The molecular weight excluding hydrogens is 354 g/mol. The average Bonchev–Trinajstić information content (AvgIpc) is 3.03. The SMILES string of the molecule is C[C@]12CN(C(=O)CCc3ccccc3)C[C@H]1C(=O)Nc1ccccc1C(=O)N2. The number of nitrogens with zero attached hydrogens (tertiary/aromatic N) is 1. The predicted octanol–water partition coefficient (Wildman–Crippen LogP) is 2.22. The highest BCUT2D eigenvalue weighted by atomic mass is 16.2. The molecule has 28 heavy (non-hydrogen) atoms. The molecule has 3 amide bonds. The number of carbonyl (C=O) groups is 3. The van der Waals surface area contributed by atoms with Gasteiger partial charge in [-0.1, -0.05) is 42.5 Å². The summed E-state index contributed by atoms with van der Waals surface area (Å²) in [4.78, 5) is 40.1. The molecule has 2 aromatic rings. The van der Waals surface area contributed by atoms with Gasteiger partial charge in [-0.3, -0.25) is 14.4 Å². The molecule has 4 rings (SSSR count). The Kier molecular flexibility index (Phi) is 4.63. The highest BCUT2D eigenvalue weighted by Crippen LogP contribution is 2.32. The van der Waals surface area contributed by atoms with Gasteiger partial charge in [0.15, 0.2) is 0 Å². The van der Waals surface area contributed by atoms with Crippen LogP contribution in [0.5, 0.6) is 0 Å². The lowest BCUT2D eigenvalue weighted by molar-refractivity contribution is -0.130. The van der Waals surface area contributed by atoms with E-state index in [2.05, 4.69) is 10.6 Å².